The Balaban J connectivity index is 1.37. The number of amides is 3. The van der Waals surface area contributed by atoms with E-state index in [1.165, 1.54) is 16.7 Å². The largest absolute Gasteiger partial charge is 0.497 e. The van der Waals surface area contributed by atoms with Gasteiger partial charge >= 0.3 is 10.8 Å². The SMILES string of the molecule is CCOC(=O)c1ccc(N2C(=O)C3Sc4c(sc(=O)n4CC(=O)Nc4ccc(Cl)cc4)C(c4ccc(OC)cc4)C3C2=O)cc1. The van der Waals surface area contributed by atoms with Crippen LogP contribution < -0.4 is 19.8 Å². The molecular formula is C32H26ClN3O7S2. The molecule has 3 amide bonds. The van der Waals surface area contributed by atoms with E-state index in [4.69, 9.17) is 21.1 Å². The maximum Gasteiger partial charge on any atom is 0.338 e. The number of hydrogen-bond donors (Lipinski definition) is 1. The first-order chi connectivity index (χ1) is 21.7. The Kier molecular flexibility index (Phi) is 8.54. The Morgan fingerprint density at radius 3 is 2.27 bits per heavy atom. The fourth-order valence-electron chi connectivity index (χ4n) is 5.52. The van der Waals surface area contributed by atoms with E-state index >= 15 is 0 Å². The van der Waals surface area contributed by atoms with Crippen molar-refractivity contribution in [3.8, 4) is 5.75 Å². The van der Waals surface area contributed by atoms with E-state index in [1.54, 1.807) is 62.6 Å². The molecular weight excluding hydrogens is 638 g/mol. The quantitative estimate of drug-likeness (QED) is 0.202. The molecule has 4 aromatic rings. The van der Waals surface area contributed by atoms with Crippen molar-refractivity contribution in [3.63, 3.8) is 0 Å². The second-order valence-electron chi connectivity index (χ2n) is 10.3. The van der Waals surface area contributed by atoms with E-state index in [2.05, 4.69) is 5.32 Å². The van der Waals surface area contributed by atoms with E-state index in [9.17, 15) is 24.0 Å². The normalized spacial score (nSPS) is 18.7. The number of methoxy groups -OCH3 is 1. The number of esters is 1. The summed E-state index contributed by atoms with van der Waals surface area (Å²) >= 11 is 8.04. The van der Waals surface area contributed by atoms with Crippen LogP contribution in [0.4, 0.5) is 11.4 Å². The number of carbonyl (C=O) groups excluding carboxylic acids is 4. The van der Waals surface area contributed by atoms with Gasteiger partial charge in [0.15, 0.2) is 0 Å². The average Bonchev–Trinajstić information content (AvgIpc) is 3.48. The summed E-state index contributed by atoms with van der Waals surface area (Å²) in [5.74, 6) is -2.63. The van der Waals surface area contributed by atoms with Crippen LogP contribution in [0.2, 0.25) is 5.02 Å². The topological polar surface area (TPSA) is 124 Å². The van der Waals surface area contributed by atoms with Crippen molar-refractivity contribution < 1.29 is 28.7 Å². The maximum atomic E-state index is 14.1. The third-order valence-electron chi connectivity index (χ3n) is 7.59. The molecule has 3 aromatic carbocycles. The van der Waals surface area contributed by atoms with Gasteiger partial charge in [0.1, 0.15) is 17.5 Å². The van der Waals surface area contributed by atoms with Crippen LogP contribution in [-0.2, 0) is 25.7 Å². The number of rotatable bonds is 8. The Morgan fingerprint density at radius 2 is 1.62 bits per heavy atom. The fraction of sp³-hybridized carbons (Fsp3) is 0.219. The van der Waals surface area contributed by atoms with Gasteiger partial charge in [-0.2, -0.15) is 0 Å². The van der Waals surface area contributed by atoms with Crippen molar-refractivity contribution in [1.82, 2.24) is 4.57 Å². The van der Waals surface area contributed by atoms with Gasteiger partial charge in [-0.3, -0.25) is 23.7 Å². The maximum absolute atomic E-state index is 14.1. The molecule has 2 aliphatic heterocycles. The lowest BCUT2D eigenvalue weighted by Crippen LogP contribution is -2.33. The monoisotopic (exact) mass is 663 g/mol. The van der Waals surface area contributed by atoms with E-state index in [0.717, 1.165) is 33.6 Å². The highest BCUT2D eigenvalue weighted by molar-refractivity contribution is 8.00. The van der Waals surface area contributed by atoms with Crippen molar-refractivity contribution in [2.24, 2.45) is 5.92 Å². The van der Waals surface area contributed by atoms with Crippen LogP contribution in [-0.4, -0.2) is 47.2 Å². The number of nitrogens with zero attached hydrogens (tertiary/aromatic N) is 2. The highest BCUT2D eigenvalue weighted by Gasteiger charge is 2.56. The van der Waals surface area contributed by atoms with Gasteiger partial charge in [0.25, 0.3) is 0 Å². The molecule has 1 N–H and O–H groups in total. The summed E-state index contributed by atoms with van der Waals surface area (Å²) in [5, 5.41) is 2.90. The number of halogens is 1. The van der Waals surface area contributed by atoms with Crippen molar-refractivity contribution in [2.45, 2.75) is 29.7 Å². The van der Waals surface area contributed by atoms with E-state index in [0.29, 0.717) is 37.6 Å². The summed E-state index contributed by atoms with van der Waals surface area (Å²) in [6.07, 6.45) is 0. The lowest BCUT2D eigenvalue weighted by Gasteiger charge is -2.30. The van der Waals surface area contributed by atoms with E-state index in [1.807, 2.05) is 12.1 Å². The highest BCUT2D eigenvalue weighted by Crippen LogP contribution is 2.54. The summed E-state index contributed by atoms with van der Waals surface area (Å²) in [7, 11) is 1.55. The van der Waals surface area contributed by atoms with Crippen molar-refractivity contribution in [2.75, 3.05) is 23.9 Å². The van der Waals surface area contributed by atoms with Gasteiger partial charge in [-0.1, -0.05) is 46.8 Å². The predicted molar refractivity (Wildman–Crippen MR) is 172 cm³/mol. The second kappa shape index (κ2) is 12.5. The van der Waals surface area contributed by atoms with Gasteiger partial charge in [-0.05, 0) is 73.2 Å². The van der Waals surface area contributed by atoms with Crippen LogP contribution in [0.5, 0.6) is 5.75 Å². The van der Waals surface area contributed by atoms with Crippen LogP contribution in [0.15, 0.2) is 82.6 Å². The summed E-state index contributed by atoms with van der Waals surface area (Å²) < 4.78 is 11.7. The van der Waals surface area contributed by atoms with E-state index < -0.39 is 40.8 Å². The first kappa shape index (κ1) is 30.6. The molecule has 45 heavy (non-hydrogen) atoms. The number of thiazole rings is 1. The highest BCUT2D eigenvalue weighted by atomic mass is 35.5. The lowest BCUT2D eigenvalue weighted by atomic mass is 9.83. The Morgan fingerprint density at radius 1 is 0.933 bits per heavy atom. The Hall–Kier alpha value is -4.39. The first-order valence-electron chi connectivity index (χ1n) is 13.9. The zero-order valence-corrected chi connectivity index (χ0v) is 26.4. The molecule has 1 aromatic heterocycles. The fourth-order valence-corrected chi connectivity index (χ4v) is 8.42. The third kappa shape index (κ3) is 5.76. The number of ether oxygens (including phenoxy) is 2. The van der Waals surface area contributed by atoms with Gasteiger partial charge in [0.05, 0.1) is 35.9 Å². The van der Waals surface area contributed by atoms with Crippen LogP contribution in [0.25, 0.3) is 0 Å². The molecule has 3 atom stereocenters. The number of imide groups is 1. The van der Waals surface area contributed by atoms with Crippen LogP contribution >= 0.6 is 34.7 Å². The zero-order chi connectivity index (χ0) is 31.8. The summed E-state index contributed by atoms with van der Waals surface area (Å²) in [5.41, 5.74) is 1.87. The molecule has 10 nitrogen and oxygen atoms in total. The Labute approximate surface area is 270 Å². The third-order valence-corrected chi connectivity index (χ3v) is 10.4. The minimum Gasteiger partial charge on any atom is -0.497 e. The van der Waals surface area contributed by atoms with Gasteiger partial charge in [-0.25, -0.2) is 9.69 Å². The number of nitrogens with one attached hydrogen (secondary N) is 1. The molecule has 1 fully saturated rings. The van der Waals surface area contributed by atoms with E-state index in [-0.39, 0.29) is 18.0 Å². The van der Waals surface area contributed by atoms with Gasteiger partial charge < -0.3 is 14.8 Å². The van der Waals surface area contributed by atoms with Crippen molar-refractivity contribution in [1.29, 1.82) is 0 Å². The van der Waals surface area contributed by atoms with Crippen LogP contribution in [0.3, 0.4) is 0 Å². The number of thioether (sulfide) groups is 1. The number of fused-ring (bicyclic) bond motifs is 2. The molecule has 2 aliphatic rings. The van der Waals surface area contributed by atoms with Crippen LogP contribution in [0.1, 0.15) is 33.6 Å². The number of aromatic nitrogens is 1. The zero-order valence-electron chi connectivity index (χ0n) is 24.0. The molecule has 230 valence electrons. The second-order valence-corrected chi connectivity index (χ2v) is 12.8. The van der Waals surface area contributed by atoms with Gasteiger partial charge in [0.2, 0.25) is 17.7 Å². The lowest BCUT2D eigenvalue weighted by molar-refractivity contribution is -0.122. The summed E-state index contributed by atoms with van der Waals surface area (Å²) in [6.45, 7) is 1.64. The molecule has 0 aliphatic carbocycles. The summed E-state index contributed by atoms with van der Waals surface area (Å²) in [6, 6.07) is 19.9. The minimum absolute atomic E-state index is 0.217. The van der Waals surface area contributed by atoms with Gasteiger partial charge in [0, 0.05) is 21.5 Å². The molecule has 0 radical (unpaired) electrons. The number of carbonyl (C=O) groups is 4. The summed E-state index contributed by atoms with van der Waals surface area (Å²) in [4.78, 5) is 68.0. The predicted octanol–water partition coefficient (Wildman–Crippen LogP) is 5.18. The number of anilines is 2. The molecule has 1 saturated heterocycles. The molecule has 0 saturated carbocycles. The molecule has 3 heterocycles. The molecule has 6 rings (SSSR count). The molecule has 0 bridgehead atoms. The van der Waals surface area contributed by atoms with Crippen LogP contribution in [0, 0.1) is 5.92 Å². The first-order valence-corrected chi connectivity index (χ1v) is 16.0. The van der Waals surface area contributed by atoms with Crippen molar-refractivity contribution in [3.05, 3.63) is 103 Å². The average molecular weight is 664 g/mol. The molecule has 3 unspecified atom stereocenters. The standard InChI is InChI=1S/C32H26ClN3O7S2/c1-3-43-31(40)18-4-12-21(13-5-18)36-28(38)25-24(17-6-14-22(42-2)15-7-17)27-30(44-26(25)29(36)39)35(32(41)45-27)16-23(37)34-20-10-8-19(33)9-11-20/h4-15,24-26H,3,16H2,1-2H3,(H,34,37). The minimum atomic E-state index is -0.860. The number of benzene rings is 3. The molecule has 0 spiro atoms. The van der Waals surface area contributed by atoms with Gasteiger partial charge in [-0.15, -0.1) is 0 Å². The number of hydrogen-bond acceptors (Lipinski definition) is 9. The van der Waals surface area contributed by atoms with Crippen molar-refractivity contribution >= 4 is 69.8 Å². The Bertz CT molecular complexity index is 1850. The smallest absolute Gasteiger partial charge is 0.338 e. The molecule has 13 heteroatoms.